The summed E-state index contributed by atoms with van der Waals surface area (Å²) in [4.78, 5) is 24.1. The first-order chi connectivity index (χ1) is 14.9. The number of carbonyl (C=O) groups is 2. The summed E-state index contributed by atoms with van der Waals surface area (Å²) >= 11 is 0. The standard InChI is InChI=1S/C24H22FN3O3/c1-16-9-10-21(11-17(16)2)27-23(29)15-31-22-8-3-5-18(12-22)14-26-28-24(30)19-6-4-7-20(25)13-19/h3-14H,15H2,1-2H3,(H,27,29)(H,28,30)/b26-14-. The maximum absolute atomic E-state index is 13.2. The van der Waals surface area contributed by atoms with Crippen LogP contribution in [0.3, 0.4) is 0 Å². The van der Waals surface area contributed by atoms with Crippen molar-refractivity contribution in [3.05, 3.63) is 94.8 Å². The van der Waals surface area contributed by atoms with E-state index in [9.17, 15) is 14.0 Å². The lowest BCUT2D eigenvalue weighted by Crippen LogP contribution is -2.20. The summed E-state index contributed by atoms with van der Waals surface area (Å²) in [6, 6.07) is 17.9. The van der Waals surface area contributed by atoms with E-state index in [1.54, 1.807) is 24.3 Å². The molecule has 0 fully saturated rings. The van der Waals surface area contributed by atoms with Gasteiger partial charge in [-0.3, -0.25) is 9.59 Å². The normalized spacial score (nSPS) is 10.7. The zero-order chi connectivity index (χ0) is 22.2. The molecule has 0 atom stereocenters. The van der Waals surface area contributed by atoms with Gasteiger partial charge in [0.15, 0.2) is 6.61 Å². The van der Waals surface area contributed by atoms with Crippen LogP contribution in [0.2, 0.25) is 0 Å². The Balaban J connectivity index is 1.52. The van der Waals surface area contributed by atoms with E-state index in [1.165, 1.54) is 24.4 Å². The van der Waals surface area contributed by atoms with Gasteiger partial charge in [0.2, 0.25) is 0 Å². The Morgan fingerprint density at radius 2 is 1.81 bits per heavy atom. The third kappa shape index (κ3) is 6.50. The topological polar surface area (TPSA) is 79.8 Å². The maximum atomic E-state index is 13.2. The Kier molecular flexibility index (Phi) is 7.11. The summed E-state index contributed by atoms with van der Waals surface area (Å²) < 4.78 is 18.7. The van der Waals surface area contributed by atoms with Crippen molar-refractivity contribution in [2.24, 2.45) is 5.10 Å². The molecule has 2 amide bonds. The summed E-state index contributed by atoms with van der Waals surface area (Å²) in [6.07, 6.45) is 1.43. The first-order valence-corrected chi connectivity index (χ1v) is 9.59. The second kappa shape index (κ2) is 10.2. The highest BCUT2D eigenvalue weighted by molar-refractivity contribution is 5.95. The fourth-order valence-corrected chi connectivity index (χ4v) is 2.71. The highest BCUT2D eigenvalue weighted by Gasteiger charge is 2.06. The number of hydrogen-bond donors (Lipinski definition) is 2. The van der Waals surface area contributed by atoms with E-state index in [-0.39, 0.29) is 18.1 Å². The van der Waals surface area contributed by atoms with Crippen molar-refractivity contribution in [1.29, 1.82) is 0 Å². The number of aryl methyl sites for hydroxylation is 2. The predicted octanol–water partition coefficient (Wildman–Crippen LogP) is 4.22. The third-order valence-corrected chi connectivity index (χ3v) is 4.49. The average molecular weight is 419 g/mol. The molecule has 0 aliphatic rings. The van der Waals surface area contributed by atoms with Crippen LogP contribution in [-0.4, -0.2) is 24.6 Å². The molecule has 2 N–H and O–H groups in total. The van der Waals surface area contributed by atoms with Crippen molar-refractivity contribution in [1.82, 2.24) is 5.43 Å². The van der Waals surface area contributed by atoms with E-state index in [1.807, 2.05) is 32.0 Å². The van der Waals surface area contributed by atoms with Crippen molar-refractivity contribution in [2.45, 2.75) is 13.8 Å². The highest BCUT2D eigenvalue weighted by atomic mass is 19.1. The lowest BCUT2D eigenvalue weighted by molar-refractivity contribution is -0.118. The number of benzene rings is 3. The van der Waals surface area contributed by atoms with E-state index >= 15 is 0 Å². The van der Waals surface area contributed by atoms with Crippen molar-refractivity contribution in [3.63, 3.8) is 0 Å². The number of carbonyl (C=O) groups excluding carboxylic acids is 2. The van der Waals surface area contributed by atoms with Gasteiger partial charge in [-0.05, 0) is 73.0 Å². The Hall–Kier alpha value is -4.00. The molecule has 6 nitrogen and oxygen atoms in total. The Labute approximate surface area is 179 Å². The van der Waals surface area contributed by atoms with Crippen LogP contribution in [0.4, 0.5) is 10.1 Å². The summed E-state index contributed by atoms with van der Waals surface area (Å²) in [5.74, 6) is -0.811. The number of halogens is 1. The molecule has 7 heteroatoms. The largest absolute Gasteiger partial charge is 0.484 e. The zero-order valence-electron chi connectivity index (χ0n) is 17.2. The van der Waals surface area contributed by atoms with Gasteiger partial charge in [-0.15, -0.1) is 0 Å². The number of hydrogen-bond acceptors (Lipinski definition) is 4. The highest BCUT2D eigenvalue weighted by Crippen LogP contribution is 2.15. The second-order valence-electron chi connectivity index (χ2n) is 6.92. The van der Waals surface area contributed by atoms with Gasteiger partial charge in [-0.1, -0.05) is 24.3 Å². The van der Waals surface area contributed by atoms with Gasteiger partial charge >= 0.3 is 0 Å². The molecule has 31 heavy (non-hydrogen) atoms. The van der Waals surface area contributed by atoms with Crippen LogP contribution in [0.15, 0.2) is 71.8 Å². The third-order valence-electron chi connectivity index (χ3n) is 4.49. The van der Waals surface area contributed by atoms with E-state index in [2.05, 4.69) is 15.8 Å². The van der Waals surface area contributed by atoms with Gasteiger partial charge in [0, 0.05) is 11.3 Å². The van der Waals surface area contributed by atoms with E-state index in [0.717, 1.165) is 17.2 Å². The van der Waals surface area contributed by atoms with Gasteiger partial charge in [0.05, 0.1) is 6.21 Å². The minimum Gasteiger partial charge on any atom is -0.484 e. The molecule has 0 unspecified atom stereocenters. The van der Waals surface area contributed by atoms with Crippen LogP contribution in [0, 0.1) is 19.7 Å². The fraction of sp³-hybridized carbons (Fsp3) is 0.125. The molecule has 0 aromatic heterocycles. The Bertz CT molecular complexity index is 1130. The fourth-order valence-electron chi connectivity index (χ4n) is 2.71. The molecule has 0 heterocycles. The Morgan fingerprint density at radius 1 is 1.00 bits per heavy atom. The number of rotatable bonds is 7. The monoisotopic (exact) mass is 419 g/mol. The number of nitrogens with one attached hydrogen (secondary N) is 2. The molecule has 0 radical (unpaired) electrons. The van der Waals surface area contributed by atoms with Crippen LogP contribution >= 0.6 is 0 Å². The molecule has 0 aliphatic heterocycles. The summed E-state index contributed by atoms with van der Waals surface area (Å²) in [6.45, 7) is 3.84. The average Bonchev–Trinajstić information content (AvgIpc) is 2.75. The van der Waals surface area contributed by atoms with Crippen molar-refractivity contribution < 1.29 is 18.7 Å². The molecule has 3 rings (SSSR count). The number of hydrazone groups is 1. The summed E-state index contributed by atoms with van der Waals surface area (Å²) in [5.41, 5.74) is 6.13. The predicted molar refractivity (Wildman–Crippen MR) is 118 cm³/mol. The van der Waals surface area contributed by atoms with Gasteiger partial charge in [0.25, 0.3) is 11.8 Å². The number of anilines is 1. The van der Waals surface area contributed by atoms with Crippen LogP contribution in [0.1, 0.15) is 27.0 Å². The maximum Gasteiger partial charge on any atom is 0.271 e. The van der Waals surface area contributed by atoms with Gasteiger partial charge in [-0.2, -0.15) is 5.10 Å². The second-order valence-corrected chi connectivity index (χ2v) is 6.92. The van der Waals surface area contributed by atoms with Crippen LogP contribution in [-0.2, 0) is 4.79 Å². The molecule has 3 aromatic rings. The first-order valence-electron chi connectivity index (χ1n) is 9.59. The first kappa shape index (κ1) is 21.7. The van der Waals surface area contributed by atoms with E-state index < -0.39 is 11.7 Å². The lowest BCUT2D eigenvalue weighted by atomic mass is 10.1. The van der Waals surface area contributed by atoms with E-state index in [4.69, 9.17) is 4.74 Å². The molecule has 0 saturated carbocycles. The number of nitrogens with zero attached hydrogens (tertiary/aromatic N) is 1. The van der Waals surface area contributed by atoms with Gasteiger partial charge in [-0.25, -0.2) is 9.82 Å². The van der Waals surface area contributed by atoms with Gasteiger partial charge < -0.3 is 10.1 Å². The van der Waals surface area contributed by atoms with Crippen molar-refractivity contribution >= 4 is 23.7 Å². The van der Waals surface area contributed by atoms with Crippen LogP contribution in [0.25, 0.3) is 0 Å². The SMILES string of the molecule is Cc1ccc(NC(=O)COc2cccc(/C=N\NC(=O)c3cccc(F)c3)c2)cc1C. The molecule has 3 aromatic carbocycles. The van der Waals surface area contributed by atoms with Crippen LogP contribution < -0.4 is 15.5 Å². The summed E-state index contributed by atoms with van der Waals surface area (Å²) in [7, 11) is 0. The van der Waals surface area contributed by atoms with Crippen molar-refractivity contribution in [3.8, 4) is 5.75 Å². The lowest BCUT2D eigenvalue weighted by Gasteiger charge is -2.09. The van der Waals surface area contributed by atoms with E-state index in [0.29, 0.717) is 17.0 Å². The molecular formula is C24H22FN3O3. The molecule has 0 aliphatic carbocycles. The Morgan fingerprint density at radius 3 is 2.58 bits per heavy atom. The zero-order valence-corrected chi connectivity index (χ0v) is 17.2. The molecule has 0 spiro atoms. The summed E-state index contributed by atoms with van der Waals surface area (Å²) in [5, 5.41) is 6.67. The van der Waals surface area contributed by atoms with Crippen molar-refractivity contribution in [2.75, 3.05) is 11.9 Å². The molecule has 158 valence electrons. The van der Waals surface area contributed by atoms with Gasteiger partial charge in [0.1, 0.15) is 11.6 Å². The minimum atomic E-state index is -0.522. The molecular weight excluding hydrogens is 397 g/mol. The van der Waals surface area contributed by atoms with Crippen LogP contribution in [0.5, 0.6) is 5.75 Å². The molecule has 0 bridgehead atoms. The molecule has 0 saturated heterocycles. The number of amides is 2. The number of ether oxygens (including phenoxy) is 1. The smallest absolute Gasteiger partial charge is 0.271 e. The quantitative estimate of drug-likeness (QED) is 0.444. The minimum absolute atomic E-state index is 0.149.